The van der Waals surface area contributed by atoms with Crippen molar-refractivity contribution in [3.8, 4) is 0 Å². The van der Waals surface area contributed by atoms with E-state index in [0.717, 1.165) is 16.9 Å². The number of fused-ring (bicyclic) bond motifs is 2. The first-order valence-electron chi connectivity index (χ1n) is 9.14. The Hall–Kier alpha value is -2.47. The van der Waals surface area contributed by atoms with Gasteiger partial charge in [-0.3, -0.25) is 9.69 Å². The van der Waals surface area contributed by atoms with Crippen LogP contribution in [0.3, 0.4) is 0 Å². The maximum Gasteiger partial charge on any atom is 0.323 e. The lowest BCUT2D eigenvalue weighted by Crippen LogP contribution is -2.51. The quantitative estimate of drug-likeness (QED) is 0.845. The highest BCUT2D eigenvalue weighted by Crippen LogP contribution is 2.59. The maximum absolute atomic E-state index is 13.6. The SMILES string of the molecule is CCN1C(=O)[C@]2(SC(C)(C)CN2C(=O)Nc2ccccc2)c2ccccc21. The average molecular weight is 382 g/mol. The molecule has 2 aliphatic heterocycles. The molecule has 0 saturated carbocycles. The third-order valence-electron chi connectivity index (χ3n) is 5.02. The number of hydrogen-bond donors (Lipinski definition) is 1. The summed E-state index contributed by atoms with van der Waals surface area (Å²) in [5.74, 6) is -0.0370. The fourth-order valence-electron chi connectivity index (χ4n) is 3.98. The topological polar surface area (TPSA) is 52.7 Å². The first-order valence-corrected chi connectivity index (χ1v) is 9.96. The van der Waals surface area contributed by atoms with Gasteiger partial charge in [-0.2, -0.15) is 0 Å². The lowest BCUT2D eigenvalue weighted by Gasteiger charge is -2.33. The Morgan fingerprint density at radius 3 is 2.48 bits per heavy atom. The average Bonchev–Trinajstić information content (AvgIpc) is 3.08. The summed E-state index contributed by atoms with van der Waals surface area (Å²) in [6.07, 6.45) is 0. The van der Waals surface area contributed by atoms with Gasteiger partial charge in [-0.1, -0.05) is 36.4 Å². The summed E-state index contributed by atoms with van der Waals surface area (Å²) in [6.45, 7) is 7.20. The third-order valence-corrected chi connectivity index (χ3v) is 6.62. The van der Waals surface area contributed by atoms with Crippen LogP contribution in [-0.4, -0.2) is 34.7 Å². The number of benzene rings is 2. The molecule has 4 rings (SSSR count). The van der Waals surface area contributed by atoms with E-state index in [1.807, 2.05) is 61.5 Å². The zero-order valence-electron chi connectivity index (χ0n) is 15.7. The Morgan fingerprint density at radius 1 is 1.11 bits per heavy atom. The van der Waals surface area contributed by atoms with Crippen LogP contribution in [0.5, 0.6) is 0 Å². The van der Waals surface area contributed by atoms with Gasteiger partial charge in [-0.05, 0) is 39.0 Å². The molecule has 1 spiro atoms. The van der Waals surface area contributed by atoms with Crippen LogP contribution < -0.4 is 10.2 Å². The van der Waals surface area contributed by atoms with Crippen LogP contribution in [-0.2, 0) is 9.67 Å². The molecular weight excluding hydrogens is 358 g/mol. The summed E-state index contributed by atoms with van der Waals surface area (Å²) in [4.78, 5) is 29.3. The monoisotopic (exact) mass is 381 g/mol. The molecule has 6 heteroatoms. The van der Waals surface area contributed by atoms with E-state index < -0.39 is 4.87 Å². The molecule has 27 heavy (non-hydrogen) atoms. The van der Waals surface area contributed by atoms with E-state index in [0.29, 0.717) is 13.1 Å². The van der Waals surface area contributed by atoms with Crippen LogP contribution in [0.15, 0.2) is 54.6 Å². The van der Waals surface area contributed by atoms with E-state index in [2.05, 4.69) is 19.2 Å². The first-order chi connectivity index (χ1) is 12.9. The minimum Gasteiger partial charge on any atom is -0.309 e. The number of carbonyl (C=O) groups excluding carboxylic acids is 2. The van der Waals surface area contributed by atoms with E-state index in [1.165, 1.54) is 0 Å². The molecule has 1 N–H and O–H groups in total. The van der Waals surface area contributed by atoms with Gasteiger partial charge in [0.15, 0.2) is 4.87 Å². The lowest BCUT2D eigenvalue weighted by molar-refractivity contribution is -0.123. The number of hydrogen-bond acceptors (Lipinski definition) is 3. The van der Waals surface area contributed by atoms with E-state index in [9.17, 15) is 9.59 Å². The Kier molecular flexibility index (Phi) is 4.18. The molecule has 2 heterocycles. The molecule has 5 nitrogen and oxygen atoms in total. The van der Waals surface area contributed by atoms with Gasteiger partial charge >= 0.3 is 6.03 Å². The van der Waals surface area contributed by atoms with Gasteiger partial charge in [0.1, 0.15) is 0 Å². The number of urea groups is 1. The van der Waals surface area contributed by atoms with Crippen molar-refractivity contribution in [2.24, 2.45) is 0 Å². The molecule has 140 valence electrons. The molecule has 0 bridgehead atoms. The summed E-state index contributed by atoms with van der Waals surface area (Å²) in [5, 5.41) is 2.96. The zero-order chi connectivity index (χ0) is 19.2. The molecular formula is C21H23N3O2S. The standard InChI is InChI=1S/C21H23N3O2S/c1-4-23-17-13-9-8-12-16(17)21(18(23)25)24(14-20(2,3)27-21)19(26)22-15-10-6-5-7-11-15/h5-13H,4,14H2,1-3H3,(H,22,26)/t21-/m1/s1. The number of nitrogens with one attached hydrogen (secondary N) is 1. The molecule has 2 aromatic carbocycles. The molecule has 2 aromatic rings. The fraction of sp³-hybridized carbons (Fsp3) is 0.333. The molecule has 0 aromatic heterocycles. The van der Waals surface area contributed by atoms with Crippen molar-refractivity contribution in [1.82, 2.24) is 4.90 Å². The smallest absolute Gasteiger partial charge is 0.309 e. The molecule has 0 unspecified atom stereocenters. The van der Waals surface area contributed by atoms with E-state index >= 15 is 0 Å². The van der Waals surface area contributed by atoms with Crippen molar-refractivity contribution in [2.75, 3.05) is 23.3 Å². The summed E-state index contributed by atoms with van der Waals surface area (Å²) in [7, 11) is 0. The van der Waals surface area contributed by atoms with Gasteiger partial charge in [-0.25, -0.2) is 4.79 Å². The highest BCUT2D eigenvalue weighted by Gasteiger charge is 2.63. The normalized spacial score (nSPS) is 23.0. The van der Waals surface area contributed by atoms with Gasteiger partial charge in [0.05, 0.1) is 5.69 Å². The Morgan fingerprint density at radius 2 is 1.78 bits per heavy atom. The second-order valence-corrected chi connectivity index (χ2v) is 9.35. The Balaban J connectivity index is 1.80. The van der Waals surface area contributed by atoms with Crippen LogP contribution in [0.1, 0.15) is 26.3 Å². The van der Waals surface area contributed by atoms with Crippen molar-refractivity contribution >= 4 is 35.1 Å². The van der Waals surface area contributed by atoms with Gasteiger partial charge in [0.2, 0.25) is 0 Å². The van der Waals surface area contributed by atoms with Crippen LogP contribution in [0, 0.1) is 0 Å². The van der Waals surface area contributed by atoms with E-state index in [4.69, 9.17) is 0 Å². The number of para-hydroxylation sites is 2. The van der Waals surface area contributed by atoms with Crippen LogP contribution in [0.2, 0.25) is 0 Å². The lowest BCUT2D eigenvalue weighted by atomic mass is 10.1. The number of thioether (sulfide) groups is 1. The minimum absolute atomic E-state index is 0.0370. The van der Waals surface area contributed by atoms with Crippen molar-refractivity contribution < 1.29 is 9.59 Å². The van der Waals surface area contributed by atoms with Crippen molar-refractivity contribution in [1.29, 1.82) is 0 Å². The molecule has 1 fully saturated rings. The number of carbonyl (C=O) groups is 2. The second kappa shape index (κ2) is 6.30. The molecule has 1 saturated heterocycles. The van der Waals surface area contributed by atoms with Gasteiger partial charge in [0.25, 0.3) is 5.91 Å². The third kappa shape index (κ3) is 2.70. The highest BCUT2D eigenvalue weighted by molar-refractivity contribution is 8.02. The number of rotatable bonds is 2. The number of likely N-dealkylation sites (N-methyl/N-ethyl adjacent to an activating group) is 1. The van der Waals surface area contributed by atoms with E-state index in [1.54, 1.807) is 21.6 Å². The maximum atomic E-state index is 13.6. The van der Waals surface area contributed by atoms with Crippen LogP contribution in [0.25, 0.3) is 0 Å². The molecule has 0 aliphatic carbocycles. The van der Waals surface area contributed by atoms with Crippen LogP contribution >= 0.6 is 11.8 Å². The molecule has 1 atom stereocenters. The predicted molar refractivity (Wildman–Crippen MR) is 110 cm³/mol. The number of anilines is 2. The predicted octanol–water partition coefficient (Wildman–Crippen LogP) is 4.27. The Bertz CT molecular complexity index is 899. The highest BCUT2D eigenvalue weighted by atomic mass is 32.2. The summed E-state index contributed by atoms with van der Waals surface area (Å²) < 4.78 is -0.236. The minimum atomic E-state index is -1.02. The molecule has 2 aliphatic rings. The van der Waals surface area contributed by atoms with Crippen molar-refractivity contribution in [3.05, 3.63) is 60.2 Å². The number of amides is 3. The Labute approximate surface area is 163 Å². The summed E-state index contributed by atoms with van der Waals surface area (Å²) in [5.41, 5.74) is 2.52. The van der Waals surface area contributed by atoms with Crippen molar-refractivity contribution in [2.45, 2.75) is 30.4 Å². The summed E-state index contributed by atoms with van der Waals surface area (Å²) in [6, 6.07) is 16.9. The fourth-order valence-corrected chi connectivity index (χ4v) is 5.71. The molecule has 0 radical (unpaired) electrons. The van der Waals surface area contributed by atoms with E-state index in [-0.39, 0.29) is 16.7 Å². The zero-order valence-corrected chi connectivity index (χ0v) is 16.5. The molecule has 3 amide bonds. The van der Waals surface area contributed by atoms with Crippen LogP contribution in [0.4, 0.5) is 16.2 Å². The second-order valence-electron chi connectivity index (χ2n) is 7.45. The number of nitrogens with zero attached hydrogens (tertiary/aromatic N) is 2. The van der Waals surface area contributed by atoms with Gasteiger partial charge in [-0.15, -0.1) is 11.8 Å². The van der Waals surface area contributed by atoms with Crippen molar-refractivity contribution in [3.63, 3.8) is 0 Å². The summed E-state index contributed by atoms with van der Waals surface area (Å²) >= 11 is 1.57. The first kappa shape index (κ1) is 17.9. The largest absolute Gasteiger partial charge is 0.323 e. The van der Waals surface area contributed by atoms with Gasteiger partial charge < -0.3 is 10.2 Å². The van der Waals surface area contributed by atoms with Gasteiger partial charge in [0, 0.05) is 29.1 Å².